The van der Waals surface area contributed by atoms with Gasteiger partial charge in [0.1, 0.15) is 17.0 Å². The van der Waals surface area contributed by atoms with Gasteiger partial charge in [-0.25, -0.2) is 4.79 Å². The average molecular weight is 323 g/mol. The molecular formula is C9H11BrN2O4S. The van der Waals surface area contributed by atoms with Crippen molar-refractivity contribution in [1.82, 2.24) is 9.55 Å². The van der Waals surface area contributed by atoms with Crippen molar-refractivity contribution in [3.05, 3.63) is 25.8 Å². The van der Waals surface area contributed by atoms with E-state index in [1.807, 2.05) is 0 Å². The summed E-state index contributed by atoms with van der Waals surface area (Å²) in [5, 5.41) is 18.6. The summed E-state index contributed by atoms with van der Waals surface area (Å²) >= 11 is 8.11. The van der Waals surface area contributed by atoms with Crippen LogP contribution in [-0.4, -0.2) is 38.6 Å². The molecule has 0 saturated carbocycles. The van der Waals surface area contributed by atoms with Crippen LogP contribution in [0.1, 0.15) is 12.6 Å². The molecule has 8 heteroatoms. The van der Waals surface area contributed by atoms with E-state index in [9.17, 15) is 9.90 Å². The molecule has 17 heavy (non-hydrogen) atoms. The SMILES string of the molecule is O=c1[nH]c(=S)c(Br)cn1[C@@H]1CC(O)[C@H](CO)O1. The van der Waals surface area contributed by atoms with Gasteiger partial charge in [0.25, 0.3) is 0 Å². The number of aliphatic hydroxyl groups excluding tert-OH is 2. The zero-order valence-corrected chi connectivity index (χ0v) is 11.1. The molecule has 0 aliphatic carbocycles. The Hall–Kier alpha value is -0.540. The van der Waals surface area contributed by atoms with E-state index in [-0.39, 0.29) is 13.0 Å². The van der Waals surface area contributed by atoms with Crippen molar-refractivity contribution in [3.63, 3.8) is 0 Å². The Labute approximate surface area is 110 Å². The normalized spacial score (nSPS) is 28.5. The molecule has 1 unspecified atom stereocenters. The van der Waals surface area contributed by atoms with Gasteiger partial charge in [0.15, 0.2) is 0 Å². The predicted octanol–water partition coefficient (Wildman–Crippen LogP) is 0.309. The molecule has 1 aliphatic heterocycles. The lowest BCUT2D eigenvalue weighted by Gasteiger charge is -2.14. The monoisotopic (exact) mass is 322 g/mol. The lowest BCUT2D eigenvalue weighted by atomic mass is 10.2. The van der Waals surface area contributed by atoms with Gasteiger partial charge >= 0.3 is 5.69 Å². The molecule has 0 amide bonds. The minimum atomic E-state index is -0.779. The third-order valence-electron chi connectivity index (χ3n) is 2.62. The second kappa shape index (κ2) is 4.99. The van der Waals surface area contributed by atoms with Gasteiger partial charge in [0, 0.05) is 12.6 Å². The van der Waals surface area contributed by atoms with Gasteiger partial charge in [-0.3, -0.25) is 9.55 Å². The van der Waals surface area contributed by atoms with Crippen molar-refractivity contribution in [2.45, 2.75) is 24.9 Å². The number of rotatable bonds is 2. The number of aromatic amines is 1. The van der Waals surface area contributed by atoms with E-state index in [1.165, 1.54) is 10.8 Å². The van der Waals surface area contributed by atoms with Crippen molar-refractivity contribution in [2.75, 3.05) is 6.61 Å². The number of halogens is 1. The van der Waals surface area contributed by atoms with Gasteiger partial charge in [-0.15, -0.1) is 0 Å². The molecule has 1 aromatic rings. The van der Waals surface area contributed by atoms with Gasteiger partial charge in [0.2, 0.25) is 0 Å². The number of aliphatic hydroxyl groups is 2. The van der Waals surface area contributed by atoms with E-state index in [4.69, 9.17) is 22.1 Å². The lowest BCUT2D eigenvalue weighted by Crippen LogP contribution is -2.27. The minimum Gasteiger partial charge on any atom is -0.394 e. The largest absolute Gasteiger partial charge is 0.394 e. The fourth-order valence-corrected chi connectivity index (χ4v) is 2.18. The Bertz CT molecular complexity index is 528. The topological polar surface area (TPSA) is 87.5 Å². The van der Waals surface area contributed by atoms with E-state index in [1.54, 1.807) is 0 Å². The van der Waals surface area contributed by atoms with Crippen LogP contribution >= 0.6 is 28.1 Å². The smallest absolute Gasteiger partial charge is 0.328 e. The summed E-state index contributed by atoms with van der Waals surface area (Å²) in [7, 11) is 0. The van der Waals surface area contributed by atoms with Gasteiger partial charge in [-0.1, -0.05) is 12.2 Å². The molecular weight excluding hydrogens is 312 g/mol. The van der Waals surface area contributed by atoms with Crippen LogP contribution in [0.2, 0.25) is 0 Å². The van der Waals surface area contributed by atoms with Crippen molar-refractivity contribution >= 4 is 28.1 Å². The molecule has 0 bridgehead atoms. The Morgan fingerprint density at radius 3 is 3.00 bits per heavy atom. The highest BCUT2D eigenvalue weighted by atomic mass is 79.9. The van der Waals surface area contributed by atoms with Crippen LogP contribution in [0.25, 0.3) is 0 Å². The number of nitrogens with one attached hydrogen (secondary N) is 1. The second-order valence-corrected chi connectivity index (χ2v) is 5.02. The summed E-state index contributed by atoms with van der Waals surface area (Å²) in [4.78, 5) is 14.2. The van der Waals surface area contributed by atoms with Gasteiger partial charge in [0.05, 0.1) is 17.2 Å². The summed E-state index contributed by atoms with van der Waals surface area (Å²) in [6.07, 6.45) is -0.272. The fourth-order valence-electron chi connectivity index (χ4n) is 1.72. The molecule has 1 aliphatic rings. The van der Waals surface area contributed by atoms with Crippen molar-refractivity contribution < 1.29 is 14.9 Å². The average Bonchev–Trinajstić information content (AvgIpc) is 2.65. The quantitative estimate of drug-likeness (QED) is 0.682. The van der Waals surface area contributed by atoms with E-state index in [0.717, 1.165) is 0 Å². The Balaban J connectivity index is 2.34. The van der Waals surface area contributed by atoms with Crippen LogP contribution in [0, 0.1) is 4.64 Å². The van der Waals surface area contributed by atoms with Crippen molar-refractivity contribution in [2.24, 2.45) is 0 Å². The standard InChI is InChI=1S/C9H11BrN2O4S/c10-4-2-12(9(15)11-8(4)17)7-1-5(14)6(3-13)16-7/h2,5-7,13-14H,1,3H2,(H,11,15,17)/t5?,6-,7-/m0/s1. The number of nitrogens with zero attached hydrogens (tertiary/aromatic N) is 1. The number of aromatic nitrogens is 2. The summed E-state index contributed by atoms with van der Waals surface area (Å²) in [6, 6.07) is 0. The Morgan fingerprint density at radius 2 is 2.41 bits per heavy atom. The van der Waals surface area contributed by atoms with Gasteiger partial charge < -0.3 is 14.9 Å². The minimum absolute atomic E-state index is 0.252. The molecule has 3 atom stereocenters. The highest BCUT2D eigenvalue weighted by Gasteiger charge is 2.34. The third kappa shape index (κ3) is 2.50. The summed E-state index contributed by atoms with van der Waals surface area (Å²) in [5.74, 6) is 0. The molecule has 0 aromatic carbocycles. The van der Waals surface area contributed by atoms with Crippen molar-refractivity contribution in [1.29, 1.82) is 0 Å². The number of H-pyrrole nitrogens is 1. The maximum atomic E-state index is 11.7. The van der Waals surface area contributed by atoms with E-state index in [0.29, 0.717) is 9.11 Å². The van der Waals surface area contributed by atoms with Gasteiger partial charge in [-0.05, 0) is 15.9 Å². The van der Waals surface area contributed by atoms with Crippen LogP contribution in [0.3, 0.4) is 0 Å². The van der Waals surface area contributed by atoms with E-state index >= 15 is 0 Å². The number of hydrogen-bond acceptors (Lipinski definition) is 5. The van der Waals surface area contributed by atoms with Gasteiger partial charge in [-0.2, -0.15) is 0 Å². The first kappa shape index (κ1) is 12.9. The zero-order valence-electron chi connectivity index (χ0n) is 8.67. The zero-order chi connectivity index (χ0) is 12.6. The second-order valence-electron chi connectivity index (χ2n) is 3.76. The fraction of sp³-hybridized carbons (Fsp3) is 0.556. The first-order valence-electron chi connectivity index (χ1n) is 4.98. The maximum Gasteiger partial charge on any atom is 0.328 e. The first-order chi connectivity index (χ1) is 8.02. The van der Waals surface area contributed by atoms with Crippen LogP contribution in [0.15, 0.2) is 15.5 Å². The molecule has 0 spiro atoms. The van der Waals surface area contributed by atoms with Crippen LogP contribution < -0.4 is 5.69 Å². The Kier molecular flexibility index (Phi) is 3.79. The Morgan fingerprint density at radius 1 is 1.71 bits per heavy atom. The number of hydrogen-bond donors (Lipinski definition) is 3. The molecule has 0 radical (unpaired) electrons. The highest BCUT2D eigenvalue weighted by molar-refractivity contribution is 9.10. The predicted molar refractivity (Wildman–Crippen MR) is 65.2 cm³/mol. The molecule has 2 heterocycles. The summed E-state index contributed by atoms with van der Waals surface area (Å²) in [6.45, 7) is -0.281. The molecule has 94 valence electrons. The summed E-state index contributed by atoms with van der Waals surface area (Å²) in [5.41, 5.74) is -0.408. The molecule has 3 N–H and O–H groups in total. The first-order valence-corrected chi connectivity index (χ1v) is 6.18. The third-order valence-corrected chi connectivity index (χ3v) is 3.80. The van der Waals surface area contributed by atoms with Crippen molar-refractivity contribution in [3.8, 4) is 0 Å². The molecule has 1 fully saturated rings. The van der Waals surface area contributed by atoms with Crippen LogP contribution in [0.5, 0.6) is 0 Å². The number of ether oxygens (including phenoxy) is 1. The van der Waals surface area contributed by atoms with E-state index in [2.05, 4.69) is 20.9 Å². The maximum absolute atomic E-state index is 11.7. The molecule has 1 saturated heterocycles. The molecule has 6 nitrogen and oxygen atoms in total. The lowest BCUT2D eigenvalue weighted by molar-refractivity contribution is -0.0459. The van der Waals surface area contributed by atoms with Crippen LogP contribution in [0.4, 0.5) is 0 Å². The highest BCUT2D eigenvalue weighted by Crippen LogP contribution is 2.27. The summed E-state index contributed by atoms with van der Waals surface area (Å²) < 4.78 is 7.55. The molecule has 2 rings (SSSR count). The molecule has 1 aromatic heterocycles. The van der Waals surface area contributed by atoms with Crippen LogP contribution in [-0.2, 0) is 4.74 Å². The van der Waals surface area contributed by atoms with E-state index < -0.39 is 24.1 Å².